The van der Waals surface area contributed by atoms with Crippen molar-refractivity contribution in [1.29, 1.82) is 0 Å². The maximum absolute atomic E-state index is 12.7. The van der Waals surface area contributed by atoms with E-state index in [1.807, 2.05) is 0 Å². The van der Waals surface area contributed by atoms with Crippen LogP contribution < -0.4 is 32.3 Å². The summed E-state index contributed by atoms with van der Waals surface area (Å²) in [5.74, 6) is -6.24. The molecule has 0 fully saturated rings. The predicted molar refractivity (Wildman–Crippen MR) is 136 cm³/mol. The molecule has 9 atom stereocenters. The summed E-state index contributed by atoms with van der Waals surface area (Å²) in [7, 11) is 0. The molecule has 16 nitrogen and oxygen atoms in total. The first-order chi connectivity index (χ1) is 17.4. The Hall–Kier alpha value is -2.99. The lowest BCUT2D eigenvalue weighted by Crippen LogP contribution is -2.61. The van der Waals surface area contributed by atoms with Crippen LogP contribution in [0.4, 0.5) is 0 Å². The number of thiol groups is 1. The minimum absolute atomic E-state index is 0.262. The molecule has 218 valence electrons. The van der Waals surface area contributed by atoms with E-state index in [-0.39, 0.29) is 5.75 Å². The fourth-order valence-corrected chi connectivity index (χ4v) is 3.04. The van der Waals surface area contributed by atoms with Crippen molar-refractivity contribution >= 4 is 48.1 Å². The van der Waals surface area contributed by atoms with E-state index in [0.717, 1.165) is 6.92 Å². The third-order valence-corrected chi connectivity index (χ3v) is 5.62. The summed E-state index contributed by atoms with van der Waals surface area (Å²) in [6, 6.07) is -8.30. The number of nitrogens with one attached hydrogen (secondary N) is 5. The summed E-state index contributed by atoms with van der Waals surface area (Å²) in [6.45, 7) is 6.16. The van der Waals surface area contributed by atoms with Gasteiger partial charge in [0, 0.05) is 5.75 Å². The predicted octanol–water partition coefficient (Wildman–Crippen LogP) is -5.07. The van der Waals surface area contributed by atoms with Crippen molar-refractivity contribution in [2.24, 2.45) is 5.73 Å². The zero-order valence-corrected chi connectivity index (χ0v) is 22.6. The van der Waals surface area contributed by atoms with Crippen LogP contribution in [0.5, 0.6) is 0 Å². The molecule has 38 heavy (non-hydrogen) atoms. The Morgan fingerprint density at radius 1 is 0.632 bits per heavy atom. The van der Waals surface area contributed by atoms with Crippen LogP contribution in [0.2, 0.25) is 0 Å². The Morgan fingerprint density at radius 2 is 1.05 bits per heavy atom. The molecule has 0 unspecified atom stereocenters. The van der Waals surface area contributed by atoms with E-state index in [2.05, 4.69) is 39.2 Å². The molecule has 0 saturated carbocycles. The van der Waals surface area contributed by atoms with Gasteiger partial charge in [-0.3, -0.25) is 24.0 Å². The Morgan fingerprint density at radius 3 is 1.42 bits per heavy atom. The van der Waals surface area contributed by atoms with Crippen LogP contribution in [0.1, 0.15) is 34.6 Å². The molecule has 0 aliphatic rings. The number of aliphatic hydroxyl groups excluding tert-OH is 3. The molecule has 0 aliphatic carbocycles. The lowest BCUT2D eigenvalue weighted by molar-refractivity contribution is -0.145. The molecule has 5 amide bonds. The molecule has 0 aromatic heterocycles. The number of carboxylic acids is 1. The van der Waals surface area contributed by atoms with Crippen LogP contribution in [0.25, 0.3) is 0 Å². The van der Waals surface area contributed by atoms with Crippen LogP contribution in [0, 0.1) is 0 Å². The number of hydrogen-bond donors (Lipinski definition) is 11. The van der Waals surface area contributed by atoms with Crippen LogP contribution in [-0.2, 0) is 28.8 Å². The minimum atomic E-state index is -1.62. The van der Waals surface area contributed by atoms with Crippen molar-refractivity contribution in [3.8, 4) is 0 Å². The molecule has 0 aromatic carbocycles. The van der Waals surface area contributed by atoms with E-state index in [1.165, 1.54) is 27.7 Å². The lowest BCUT2D eigenvalue weighted by atomic mass is 10.1. The Bertz CT molecular complexity index is 871. The maximum Gasteiger partial charge on any atom is 0.328 e. The number of carbonyl (C=O) groups excluding carboxylic acids is 5. The number of rotatable bonds is 15. The van der Waals surface area contributed by atoms with Gasteiger partial charge in [-0.25, -0.2) is 4.79 Å². The number of aliphatic hydroxyl groups is 3. The van der Waals surface area contributed by atoms with Crippen molar-refractivity contribution in [3.63, 3.8) is 0 Å². The summed E-state index contributed by atoms with van der Waals surface area (Å²) < 4.78 is 0. The van der Waals surface area contributed by atoms with Gasteiger partial charge >= 0.3 is 5.97 Å². The third kappa shape index (κ3) is 11.2. The molecule has 0 aliphatic heterocycles. The quantitative estimate of drug-likeness (QED) is 0.0835. The second-order valence-electron chi connectivity index (χ2n) is 8.76. The highest BCUT2D eigenvalue weighted by Gasteiger charge is 2.33. The Kier molecular flexibility index (Phi) is 14.8. The second-order valence-corrected chi connectivity index (χ2v) is 9.13. The van der Waals surface area contributed by atoms with Crippen molar-refractivity contribution in [2.45, 2.75) is 89.2 Å². The van der Waals surface area contributed by atoms with Gasteiger partial charge in [0.1, 0.15) is 30.2 Å². The molecule has 0 heterocycles. The number of carboxylic acid groups (broad SMARTS) is 1. The summed E-state index contributed by atoms with van der Waals surface area (Å²) in [5.41, 5.74) is 5.50. The fraction of sp³-hybridized carbons (Fsp3) is 0.714. The summed E-state index contributed by atoms with van der Waals surface area (Å²) in [5, 5.41) is 49.0. The average Bonchev–Trinajstić information content (AvgIpc) is 2.81. The van der Waals surface area contributed by atoms with Crippen LogP contribution in [-0.4, -0.2) is 116 Å². The highest BCUT2D eigenvalue weighted by Crippen LogP contribution is 2.00. The van der Waals surface area contributed by atoms with Crippen molar-refractivity contribution in [3.05, 3.63) is 0 Å². The van der Waals surface area contributed by atoms with Gasteiger partial charge in [0.15, 0.2) is 6.04 Å². The summed E-state index contributed by atoms with van der Waals surface area (Å²) in [4.78, 5) is 73.1. The van der Waals surface area contributed by atoms with E-state index in [9.17, 15) is 44.1 Å². The number of carbonyl (C=O) groups is 6. The normalized spacial score (nSPS) is 18.2. The summed E-state index contributed by atoms with van der Waals surface area (Å²) >= 11 is 3.99. The molecule has 0 radical (unpaired) electrons. The van der Waals surface area contributed by atoms with Gasteiger partial charge in [-0.05, 0) is 34.6 Å². The molecule has 17 heteroatoms. The fourth-order valence-electron chi connectivity index (χ4n) is 2.78. The SMILES string of the molecule is C[C@H](NC(=O)[C@H](CS)NC(=O)[C@@H](NC(=O)[C@H](C)NC(=O)[C@@H](N)[C@@H](C)O)[C@@H](C)O)C(=O)N[C@H](C(=O)O)[C@@H](C)O. The minimum Gasteiger partial charge on any atom is -0.480 e. The van der Waals surface area contributed by atoms with E-state index < -0.39 is 90.1 Å². The van der Waals surface area contributed by atoms with Gasteiger partial charge in [-0.15, -0.1) is 0 Å². The number of nitrogens with two attached hydrogens (primary N) is 1. The molecule has 0 rings (SSSR count). The van der Waals surface area contributed by atoms with Crippen LogP contribution >= 0.6 is 12.6 Å². The molecular formula is C21H38N6O10S. The molecule has 0 aromatic rings. The van der Waals surface area contributed by atoms with Gasteiger partial charge in [0.25, 0.3) is 0 Å². The highest BCUT2D eigenvalue weighted by atomic mass is 32.1. The number of amides is 5. The van der Waals surface area contributed by atoms with Gasteiger partial charge in [-0.1, -0.05) is 0 Å². The van der Waals surface area contributed by atoms with Crippen molar-refractivity contribution in [1.82, 2.24) is 26.6 Å². The Labute approximate surface area is 224 Å². The molecule has 11 N–H and O–H groups in total. The van der Waals surface area contributed by atoms with Gasteiger partial charge < -0.3 is 52.7 Å². The molecule has 0 saturated heterocycles. The van der Waals surface area contributed by atoms with Crippen LogP contribution in [0.3, 0.4) is 0 Å². The lowest BCUT2D eigenvalue weighted by Gasteiger charge is -2.26. The molecular weight excluding hydrogens is 528 g/mol. The van der Waals surface area contributed by atoms with Gasteiger partial charge in [-0.2, -0.15) is 12.6 Å². The monoisotopic (exact) mass is 566 g/mol. The molecule has 0 spiro atoms. The number of aliphatic carboxylic acids is 1. The van der Waals surface area contributed by atoms with Crippen molar-refractivity contribution in [2.75, 3.05) is 5.75 Å². The second kappa shape index (κ2) is 16.1. The topological polar surface area (TPSA) is 270 Å². The smallest absolute Gasteiger partial charge is 0.328 e. The van der Waals surface area contributed by atoms with E-state index in [1.54, 1.807) is 0 Å². The average molecular weight is 567 g/mol. The standard InChI is InChI=1S/C21H38N6O10S/c1-7(17(32)27-15(11(5)30)21(36)37)23-18(33)12(6-38)25-20(35)14(10(4)29)26-16(31)8(2)24-19(34)13(22)9(3)28/h7-15,28-30,38H,6,22H2,1-5H3,(H,23,33)(H,24,34)(H,25,35)(H,26,31)(H,27,32)(H,36,37)/t7-,8-,9+,10+,11+,12-,13-,14-,15-/m0/s1. The van der Waals surface area contributed by atoms with Gasteiger partial charge in [0.05, 0.1) is 18.3 Å². The first kappa shape index (κ1) is 35.0. The zero-order chi connectivity index (χ0) is 29.9. The van der Waals surface area contributed by atoms with Crippen LogP contribution in [0.15, 0.2) is 0 Å². The first-order valence-corrected chi connectivity index (χ1v) is 12.2. The third-order valence-electron chi connectivity index (χ3n) is 5.25. The largest absolute Gasteiger partial charge is 0.480 e. The maximum atomic E-state index is 12.7. The summed E-state index contributed by atoms with van der Waals surface area (Å²) in [6.07, 6.45) is -4.04. The Balaban J connectivity index is 5.24. The van der Waals surface area contributed by atoms with E-state index >= 15 is 0 Å². The van der Waals surface area contributed by atoms with E-state index in [0.29, 0.717) is 0 Å². The highest BCUT2D eigenvalue weighted by molar-refractivity contribution is 7.80. The molecule has 0 bridgehead atoms. The zero-order valence-electron chi connectivity index (χ0n) is 21.7. The van der Waals surface area contributed by atoms with Gasteiger partial charge in [0.2, 0.25) is 29.5 Å². The van der Waals surface area contributed by atoms with E-state index in [4.69, 9.17) is 10.8 Å². The van der Waals surface area contributed by atoms with Crippen molar-refractivity contribution < 1.29 is 49.2 Å². The number of hydrogen-bond acceptors (Lipinski definition) is 11. The first-order valence-electron chi connectivity index (χ1n) is 11.6.